The van der Waals surface area contributed by atoms with Gasteiger partial charge in [0.15, 0.2) is 0 Å². The maximum atomic E-state index is 13.2. The normalized spacial score (nSPS) is 15.2. The molecule has 0 N–H and O–H groups in total. The summed E-state index contributed by atoms with van der Waals surface area (Å²) in [5.41, 5.74) is 4.13. The number of piperazine rings is 1. The van der Waals surface area contributed by atoms with Gasteiger partial charge in [0.25, 0.3) is 0 Å². The number of aromatic nitrogens is 2. The van der Waals surface area contributed by atoms with Crippen LogP contribution in [-0.2, 0) is 14.8 Å². The lowest BCUT2D eigenvalue weighted by molar-refractivity contribution is -0.127. The average Bonchev–Trinajstić information content (AvgIpc) is 3.11. The van der Waals surface area contributed by atoms with E-state index in [1.165, 1.54) is 22.5 Å². The topological polar surface area (TPSA) is 75.5 Å². The van der Waals surface area contributed by atoms with Crippen molar-refractivity contribution in [3.05, 3.63) is 82.9 Å². The van der Waals surface area contributed by atoms with Gasteiger partial charge in [-0.2, -0.15) is 9.40 Å². The molecule has 1 aromatic heterocycles. The highest BCUT2D eigenvalue weighted by atomic mass is 32.2. The lowest BCUT2D eigenvalue weighted by atomic mass is 10.1. The van der Waals surface area contributed by atoms with Gasteiger partial charge in [-0.1, -0.05) is 17.7 Å². The van der Waals surface area contributed by atoms with Gasteiger partial charge in [0, 0.05) is 43.5 Å². The molecule has 0 bridgehead atoms. The summed E-state index contributed by atoms with van der Waals surface area (Å²) in [5, 5.41) is 4.52. The summed E-state index contributed by atoms with van der Waals surface area (Å²) in [7, 11) is -3.58. The molecular formula is C25H27FN4O3S. The summed E-state index contributed by atoms with van der Waals surface area (Å²) in [4.78, 5) is 14.7. The summed E-state index contributed by atoms with van der Waals surface area (Å²) in [6.07, 6.45) is 3.23. The molecule has 178 valence electrons. The molecule has 0 unspecified atom stereocenters. The maximum Gasteiger partial charge on any atom is 0.246 e. The van der Waals surface area contributed by atoms with Crippen LogP contribution in [0.1, 0.15) is 22.5 Å². The predicted molar refractivity (Wildman–Crippen MR) is 129 cm³/mol. The molecule has 2 aromatic carbocycles. The second kappa shape index (κ2) is 9.52. The molecule has 3 aromatic rings. The van der Waals surface area contributed by atoms with Crippen molar-refractivity contribution >= 4 is 22.0 Å². The van der Waals surface area contributed by atoms with Crippen molar-refractivity contribution in [3.63, 3.8) is 0 Å². The fourth-order valence-corrected chi connectivity index (χ4v) is 5.42. The first-order chi connectivity index (χ1) is 16.2. The van der Waals surface area contributed by atoms with Crippen LogP contribution in [0.3, 0.4) is 0 Å². The molecule has 9 heteroatoms. The summed E-state index contributed by atoms with van der Waals surface area (Å²) < 4.78 is 42.1. The third-order valence-electron chi connectivity index (χ3n) is 6.02. The highest BCUT2D eigenvalue weighted by molar-refractivity contribution is 7.89. The minimum Gasteiger partial charge on any atom is -0.337 e. The fourth-order valence-electron chi connectivity index (χ4n) is 4.00. The molecule has 1 amide bonds. The van der Waals surface area contributed by atoms with E-state index in [2.05, 4.69) is 5.10 Å². The minimum atomic E-state index is -3.58. The third-order valence-corrected chi connectivity index (χ3v) is 7.93. The molecule has 0 aliphatic carbocycles. The summed E-state index contributed by atoms with van der Waals surface area (Å²) in [6, 6.07) is 12.8. The molecule has 7 nitrogen and oxygen atoms in total. The van der Waals surface area contributed by atoms with Crippen molar-refractivity contribution in [1.82, 2.24) is 19.0 Å². The number of carbonyl (C=O) groups is 1. The Kier molecular flexibility index (Phi) is 6.67. The van der Waals surface area contributed by atoms with Gasteiger partial charge in [0.05, 0.1) is 16.3 Å². The highest BCUT2D eigenvalue weighted by Gasteiger charge is 2.29. The number of rotatable bonds is 5. The lowest BCUT2D eigenvalue weighted by Crippen LogP contribution is -2.50. The van der Waals surface area contributed by atoms with E-state index in [0.29, 0.717) is 13.1 Å². The number of benzene rings is 2. The van der Waals surface area contributed by atoms with Crippen LogP contribution in [0.25, 0.3) is 11.8 Å². The molecule has 0 saturated carbocycles. The van der Waals surface area contributed by atoms with Crippen molar-refractivity contribution in [2.24, 2.45) is 0 Å². The zero-order chi connectivity index (χ0) is 24.5. The van der Waals surface area contributed by atoms with Crippen molar-refractivity contribution in [3.8, 4) is 5.69 Å². The third kappa shape index (κ3) is 4.80. The van der Waals surface area contributed by atoms with Crippen LogP contribution in [0.5, 0.6) is 0 Å². The van der Waals surface area contributed by atoms with Gasteiger partial charge >= 0.3 is 0 Å². The van der Waals surface area contributed by atoms with E-state index in [1.54, 1.807) is 52.1 Å². The highest BCUT2D eigenvalue weighted by Crippen LogP contribution is 2.21. The summed E-state index contributed by atoms with van der Waals surface area (Å²) >= 11 is 0. The molecular weight excluding hydrogens is 455 g/mol. The molecule has 0 atom stereocenters. The van der Waals surface area contributed by atoms with Crippen LogP contribution < -0.4 is 0 Å². The molecule has 1 aliphatic heterocycles. The van der Waals surface area contributed by atoms with Crippen LogP contribution in [0.4, 0.5) is 4.39 Å². The van der Waals surface area contributed by atoms with Gasteiger partial charge in [0.1, 0.15) is 5.82 Å². The molecule has 0 spiro atoms. The van der Waals surface area contributed by atoms with Gasteiger partial charge < -0.3 is 4.90 Å². The summed E-state index contributed by atoms with van der Waals surface area (Å²) in [5.74, 6) is -0.497. The van der Waals surface area contributed by atoms with Crippen LogP contribution in [-0.4, -0.2) is 59.5 Å². The zero-order valence-corrected chi connectivity index (χ0v) is 20.2. The maximum absolute atomic E-state index is 13.2. The number of carbonyl (C=O) groups excluding carboxylic acids is 1. The quantitative estimate of drug-likeness (QED) is 0.522. The predicted octanol–water partition coefficient (Wildman–Crippen LogP) is 3.48. The molecule has 1 fully saturated rings. The standard InChI is InChI=1S/C25H27FN4O3S/c1-18-4-10-23(11-5-18)34(32,33)29-16-14-28(15-17-29)25(31)13-12-24-19(2)27-30(20(24)3)22-8-6-21(26)7-9-22/h4-13H,14-17H2,1-3H3. The van der Waals surface area contributed by atoms with Crippen LogP contribution >= 0.6 is 0 Å². The molecule has 1 saturated heterocycles. The van der Waals surface area contributed by atoms with Gasteiger partial charge in [-0.25, -0.2) is 17.5 Å². The second-order valence-corrected chi connectivity index (χ2v) is 10.3. The monoisotopic (exact) mass is 482 g/mol. The summed E-state index contributed by atoms with van der Waals surface area (Å²) in [6.45, 7) is 6.79. The van der Waals surface area contributed by atoms with E-state index in [1.807, 2.05) is 20.8 Å². The zero-order valence-electron chi connectivity index (χ0n) is 19.4. The van der Waals surface area contributed by atoms with Crippen molar-refractivity contribution in [2.75, 3.05) is 26.2 Å². The van der Waals surface area contributed by atoms with Crippen molar-refractivity contribution < 1.29 is 17.6 Å². The van der Waals surface area contributed by atoms with Gasteiger partial charge in [-0.05, 0) is 63.2 Å². The SMILES string of the molecule is Cc1ccc(S(=O)(=O)N2CCN(C(=O)C=Cc3c(C)nn(-c4ccc(F)cc4)c3C)CC2)cc1. The largest absolute Gasteiger partial charge is 0.337 e. The molecule has 0 radical (unpaired) electrons. The number of sulfonamides is 1. The first-order valence-corrected chi connectivity index (χ1v) is 12.5. The first-order valence-electron chi connectivity index (χ1n) is 11.0. The Labute approximate surface area is 199 Å². The Hall–Kier alpha value is -3.30. The van der Waals surface area contributed by atoms with Gasteiger partial charge in [-0.3, -0.25) is 4.79 Å². The first kappa shape index (κ1) is 23.8. The molecule has 2 heterocycles. The molecule has 1 aliphatic rings. The number of aryl methyl sites for hydroxylation is 2. The fraction of sp³-hybridized carbons (Fsp3) is 0.280. The van der Waals surface area contributed by atoms with Crippen LogP contribution in [0, 0.1) is 26.6 Å². The van der Waals surface area contributed by atoms with E-state index in [-0.39, 0.29) is 29.7 Å². The Bertz CT molecular complexity index is 1320. The average molecular weight is 483 g/mol. The number of halogens is 1. The van der Waals surface area contributed by atoms with Gasteiger partial charge in [-0.15, -0.1) is 0 Å². The van der Waals surface area contributed by atoms with Crippen molar-refractivity contribution in [1.29, 1.82) is 0 Å². The Morgan fingerprint density at radius 1 is 0.941 bits per heavy atom. The van der Waals surface area contributed by atoms with E-state index in [0.717, 1.165) is 28.2 Å². The minimum absolute atomic E-state index is 0.180. The van der Waals surface area contributed by atoms with Crippen LogP contribution in [0.2, 0.25) is 0 Å². The number of hydrogen-bond acceptors (Lipinski definition) is 4. The molecule has 4 rings (SSSR count). The Morgan fingerprint density at radius 3 is 2.18 bits per heavy atom. The van der Waals surface area contributed by atoms with E-state index >= 15 is 0 Å². The Morgan fingerprint density at radius 2 is 1.56 bits per heavy atom. The number of hydrogen-bond donors (Lipinski definition) is 0. The van der Waals surface area contributed by atoms with E-state index < -0.39 is 10.0 Å². The Balaban J connectivity index is 1.42. The van der Waals surface area contributed by atoms with Gasteiger partial charge in [0.2, 0.25) is 15.9 Å². The number of amides is 1. The lowest BCUT2D eigenvalue weighted by Gasteiger charge is -2.33. The molecule has 34 heavy (non-hydrogen) atoms. The second-order valence-electron chi connectivity index (χ2n) is 8.35. The smallest absolute Gasteiger partial charge is 0.246 e. The van der Waals surface area contributed by atoms with Crippen LogP contribution in [0.15, 0.2) is 59.5 Å². The van der Waals surface area contributed by atoms with Crippen molar-refractivity contribution in [2.45, 2.75) is 25.7 Å². The number of nitrogens with zero attached hydrogens (tertiary/aromatic N) is 4. The van der Waals surface area contributed by atoms with E-state index in [4.69, 9.17) is 0 Å². The van der Waals surface area contributed by atoms with E-state index in [9.17, 15) is 17.6 Å².